The number of benzene rings is 1. The average Bonchev–Trinajstić information content (AvgIpc) is 2.46. The lowest BCUT2D eigenvalue weighted by molar-refractivity contribution is -0.138. The van der Waals surface area contributed by atoms with Gasteiger partial charge in [0.1, 0.15) is 0 Å². The van der Waals surface area contributed by atoms with Crippen LogP contribution in [0, 0.1) is 5.92 Å². The van der Waals surface area contributed by atoms with Gasteiger partial charge in [-0.25, -0.2) is 0 Å². The highest BCUT2D eigenvalue weighted by atomic mass is 35.5. The fourth-order valence-electron chi connectivity index (χ4n) is 3.02. The predicted molar refractivity (Wildman–Crippen MR) is 94.7 cm³/mol. The van der Waals surface area contributed by atoms with Crippen LogP contribution >= 0.6 is 24.0 Å². The van der Waals surface area contributed by atoms with Crippen LogP contribution in [0.25, 0.3) is 0 Å². The van der Waals surface area contributed by atoms with Crippen molar-refractivity contribution >= 4 is 29.9 Å². The van der Waals surface area contributed by atoms with E-state index in [1.807, 2.05) is 49.9 Å². The van der Waals surface area contributed by atoms with Crippen molar-refractivity contribution in [1.82, 2.24) is 4.90 Å². The molecule has 2 rings (SSSR count). The number of hydrogen-bond donors (Lipinski definition) is 1. The normalized spacial score (nSPS) is 20.2. The lowest BCUT2D eigenvalue weighted by Crippen LogP contribution is -2.50. The lowest BCUT2D eigenvalue weighted by atomic mass is 9.82. The number of carbonyl (C=O) groups excluding carboxylic acids is 1. The monoisotopic (exact) mass is 344 g/mol. The molecule has 124 valence electrons. The molecule has 0 radical (unpaired) electrons. The summed E-state index contributed by atoms with van der Waals surface area (Å²) >= 11 is 6.06. The second-order valence-corrected chi connectivity index (χ2v) is 7.08. The van der Waals surface area contributed by atoms with Crippen LogP contribution in [-0.4, -0.2) is 29.9 Å². The Bertz CT molecular complexity index is 517. The lowest BCUT2D eigenvalue weighted by Gasteiger charge is -2.39. The van der Waals surface area contributed by atoms with Crippen molar-refractivity contribution in [2.75, 3.05) is 13.1 Å². The van der Waals surface area contributed by atoms with Gasteiger partial charge in [-0.15, -0.1) is 12.4 Å². The van der Waals surface area contributed by atoms with Crippen LogP contribution in [0.4, 0.5) is 0 Å². The van der Waals surface area contributed by atoms with E-state index >= 15 is 0 Å². The summed E-state index contributed by atoms with van der Waals surface area (Å²) in [6.07, 6.45) is 2.14. The molecule has 2 atom stereocenters. The van der Waals surface area contributed by atoms with Crippen LogP contribution in [0.3, 0.4) is 0 Å². The van der Waals surface area contributed by atoms with Gasteiger partial charge in [0.2, 0.25) is 5.91 Å². The third-order valence-corrected chi connectivity index (χ3v) is 4.80. The van der Waals surface area contributed by atoms with Gasteiger partial charge in [0, 0.05) is 24.2 Å². The second-order valence-electron chi connectivity index (χ2n) is 6.65. The van der Waals surface area contributed by atoms with Crippen LogP contribution in [0.2, 0.25) is 5.02 Å². The summed E-state index contributed by atoms with van der Waals surface area (Å²) in [6.45, 7) is 7.56. The van der Waals surface area contributed by atoms with Crippen LogP contribution in [-0.2, 0) is 10.2 Å². The van der Waals surface area contributed by atoms with Crippen molar-refractivity contribution in [2.45, 2.75) is 45.1 Å². The van der Waals surface area contributed by atoms with Gasteiger partial charge in [0.25, 0.3) is 0 Å². The first-order chi connectivity index (χ1) is 9.82. The maximum Gasteiger partial charge on any atom is 0.232 e. The van der Waals surface area contributed by atoms with Gasteiger partial charge < -0.3 is 10.6 Å². The highest BCUT2D eigenvalue weighted by molar-refractivity contribution is 6.30. The van der Waals surface area contributed by atoms with Crippen molar-refractivity contribution in [3.8, 4) is 0 Å². The highest BCUT2D eigenvalue weighted by Crippen LogP contribution is 2.30. The van der Waals surface area contributed by atoms with E-state index in [9.17, 15) is 4.79 Å². The smallest absolute Gasteiger partial charge is 0.232 e. The molecular weight excluding hydrogens is 319 g/mol. The zero-order valence-corrected chi connectivity index (χ0v) is 15.1. The maximum atomic E-state index is 12.9. The summed E-state index contributed by atoms with van der Waals surface area (Å²) in [5, 5.41) is 0.667. The molecular formula is C17H26Cl2N2O. The van der Waals surface area contributed by atoms with E-state index in [1.54, 1.807) is 0 Å². The molecule has 3 nitrogen and oxygen atoms in total. The number of halogens is 2. The molecule has 1 aliphatic heterocycles. The zero-order valence-electron chi connectivity index (χ0n) is 13.5. The van der Waals surface area contributed by atoms with Gasteiger partial charge in [-0.3, -0.25) is 4.79 Å². The largest absolute Gasteiger partial charge is 0.342 e. The van der Waals surface area contributed by atoms with E-state index in [2.05, 4.69) is 0 Å². The minimum Gasteiger partial charge on any atom is -0.342 e. The van der Waals surface area contributed by atoms with Crippen molar-refractivity contribution in [2.24, 2.45) is 11.7 Å². The Morgan fingerprint density at radius 2 is 2.14 bits per heavy atom. The molecule has 1 amide bonds. The number of rotatable bonds is 3. The Labute approximate surface area is 144 Å². The quantitative estimate of drug-likeness (QED) is 0.909. The van der Waals surface area contributed by atoms with E-state index in [4.69, 9.17) is 17.3 Å². The minimum absolute atomic E-state index is 0. The van der Waals surface area contributed by atoms with Crippen LogP contribution < -0.4 is 5.73 Å². The second kappa shape index (κ2) is 7.67. The van der Waals surface area contributed by atoms with E-state index in [0.29, 0.717) is 10.9 Å². The Balaban J connectivity index is 0.00000242. The molecule has 0 spiro atoms. The average molecular weight is 345 g/mol. The Hall–Kier alpha value is -0.770. The number of nitrogens with two attached hydrogens (primary N) is 1. The minimum atomic E-state index is -0.565. The van der Waals surface area contributed by atoms with Crippen LogP contribution in [0.1, 0.15) is 39.2 Å². The predicted octanol–water partition coefficient (Wildman–Crippen LogP) is 3.63. The SMILES string of the molecule is CC(N)C1CCCN(C(=O)C(C)(C)c2cccc(Cl)c2)C1.Cl. The highest BCUT2D eigenvalue weighted by Gasteiger charge is 2.36. The Morgan fingerprint density at radius 3 is 2.73 bits per heavy atom. The molecule has 1 aliphatic rings. The van der Waals surface area contributed by atoms with E-state index in [-0.39, 0.29) is 24.4 Å². The summed E-state index contributed by atoms with van der Waals surface area (Å²) in [5.41, 5.74) is 6.41. The van der Waals surface area contributed by atoms with Crippen LogP contribution in [0.15, 0.2) is 24.3 Å². The first-order valence-corrected chi connectivity index (χ1v) is 8.01. The van der Waals surface area contributed by atoms with E-state index in [1.165, 1.54) is 0 Å². The first-order valence-electron chi connectivity index (χ1n) is 7.63. The van der Waals surface area contributed by atoms with Gasteiger partial charge in [-0.05, 0) is 57.2 Å². The van der Waals surface area contributed by atoms with E-state index < -0.39 is 5.41 Å². The van der Waals surface area contributed by atoms with Crippen molar-refractivity contribution < 1.29 is 4.79 Å². The van der Waals surface area contributed by atoms with Gasteiger partial charge in [-0.1, -0.05) is 23.7 Å². The summed E-state index contributed by atoms with van der Waals surface area (Å²) in [5.74, 6) is 0.563. The summed E-state index contributed by atoms with van der Waals surface area (Å²) < 4.78 is 0. The molecule has 5 heteroatoms. The van der Waals surface area contributed by atoms with E-state index in [0.717, 1.165) is 31.5 Å². The number of amides is 1. The van der Waals surface area contributed by atoms with Crippen molar-refractivity contribution in [1.29, 1.82) is 0 Å². The summed E-state index contributed by atoms with van der Waals surface area (Å²) in [6, 6.07) is 7.71. The standard InChI is InChI=1S/C17H25ClN2O.ClH/c1-12(19)13-6-5-9-20(11-13)16(21)17(2,3)14-7-4-8-15(18)10-14;/h4,7-8,10,12-13H,5-6,9,11,19H2,1-3H3;1H. The molecule has 0 saturated carbocycles. The molecule has 0 aliphatic carbocycles. The molecule has 0 bridgehead atoms. The number of carbonyl (C=O) groups is 1. The van der Waals surface area contributed by atoms with Gasteiger partial charge >= 0.3 is 0 Å². The molecule has 1 saturated heterocycles. The molecule has 1 aromatic rings. The summed E-state index contributed by atoms with van der Waals surface area (Å²) in [4.78, 5) is 14.9. The van der Waals surface area contributed by atoms with Gasteiger partial charge in [-0.2, -0.15) is 0 Å². The fraction of sp³-hybridized carbons (Fsp3) is 0.588. The molecule has 1 fully saturated rings. The van der Waals surface area contributed by atoms with Crippen molar-refractivity contribution in [3.05, 3.63) is 34.9 Å². The zero-order chi connectivity index (χ0) is 15.6. The summed E-state index contributed by atoms with van der Waals surface area (Å²) in [7, 11) is 0. The Kier molecular flexibility index (Phi) is 6.72. The molecule has 1 aromatic carbocycles. The topological polar surface area (TPSA) is 46.3 Å². The fourth-order valence-corrected chi connectivity index (χ4v) is 3.21. The Morgan fingerprint density at radius 1 is 1.45 bits per heavy atom. The molecule has 22 heavy (non-hydrogen) atoms. The molecule has 1 heterocycles. The van der Waals surface area contributed by atoms with Crippen molar-refractivity contribution in [3.63, 3.8) is 0 Å². The molecule has 2 N–H and O–H groups in total. The molecule has 2 unspecified atom stereocenters. The number of nitrogens with zero attached hydrogens (tertiary/aromatic N) is 1. The number of hydrogen-bond acceptors (Lipinski definition) is 2. The number of piperidine rings is 1. The third kappa shape index (κ3) is 4.15. The van der Waals surface area contributed by atoms with Crippen LogP contribution in [0.5, 0.6) is 0 Å². The number of likely N-dealkylation sites (tertiary alicyclic amines) is 1. The third-order valence-electron chi connectivity index (χ3n) is 4.57. The van der Waals surface area contributed by atoms with Gasteiger partial charge in [0.05, 0.1) is 5.41 Å². The maximum absolute atomic E-state index is 12.9. The molecule has 0 aromatic heterocycles. The first kappa shape index (κ1) is 19.3. The van der Waals surface area contributed by atoms with Gasteiger partial charge in [0.15, 0.2) is 0 Å².